The summed E-state index contributed by atoms with van der Waals surface area (Å²) in [5.74, 6) is 2.37. The van der Waals surface area contributed by atoms with Crippen LogP contribution in [0.1, 0.15) is 34.1 Å². The van der Waals surface area contributed by atoms with E-state index >= 15 is 0 Å². The quantitative estimate of drug-likeness (QED) is 0.586. The fourth-order valence-corrected chi connectivity index (χ4v) is 1.71. The fraction of sp³-hybridized carbons (Fsp3) is 0.692. The first-order chi connectivity index (χ1) is 8.56. The van der Waals surface area contributed by atoms with Crippen LogP contribution in [-0.4, -0.2) is 28.8 Å². The molecular formula is C13H24N4S. The number of aromatic nitrogens is 2. The third-order valence-corrected chi connectivity index (χ3v) is 3.37. The summed E-state index contributed by atoms with van der Waals surface area (Å²) in [7, 11) is 0. The number of nitrogens with one attached hydrogen (secondary N) is 2. The van der Waals surface area contributed by atoms with Gasteiger partial charge in [0.25, 0.3) is 0 Å². The van der Waals surface area contributed by atoms with Crippen molar-refractivity contribution >= 4 is 23.4 Å². The second-order valence-electron chi connectivity index (χ2n) is 4.73. The minimum absolute atomic E-state index is 0.397. The molecule has 0 aromatic carbocycles. The van der Waals surface area contributed by atoms with Gasteiger partial charge in [0.2, 0.25) is 0 Å². The third kappa shape index (κ3) is 4.72. The molecule has 0 fully saturated rings. The van der Waals surface area contributed by atoms with E-state index in [-0.39, 0.29) is 0 Å². The molecule has 1 rings (SSSR count). The van der Waals surface area contributed by atoms with Crippen LogP contribution in [0.25, 0.3) is 0 Å². The van der Waals surface area contributed by atoms with E-state index in [1.54, 1.807) is 11.8 Å². The van der Waals surface area contributed by atoms with Gasteiger partial charge >= 0.3 is 0 Å². The van der Waals surface area contributed by atoms with Crippen LogP contribution in [0.3, 0.4) is 0 Å². The second kappa shape index (κ2) is 7.46. The fourth-order valence-electron chi connectivity index (χ4n) is 1.33. The molecule has 18 heavy (non-hydrogen) atoms. The van der Waals surface area contributed by atoms with Crippen molar-refractivity contribution in [1.82, 2.24) is 9.97 Å². The maximum atomic E-state index is 4.48. The zero-order valence-corrected chi connectivity index (χ0v) is 12.8. The summed E-state index contributed by atoms with van der Waals surface area (Å²) in [4.78, 5) is 8.93. The highest BCUT2D eigenvalue weighted by atomic mass is 32.2. The van der Waals surface area contributed by atoms with E-state index < -0.39 is 0 Å². The van der Waals surface area contributed by atoms with E-state index in [1.807, 2.05) is 12.3 Å². The van der Waals surface area contributed by atoms with Gasteiger partial charge in [0.1, 0.15) is 11.6 Å². The van der Waals surface area contributed by atoms with Crippen LogP contribution in [0.4, 0.5) is 11.6 Å². The molecule has 1 aromatic heterocycles. The van der Waals surface area contributed by atoms with Crippen molar-refractivity contribution in [3.8, 4) is 0 Å². The number of hydrogen-bond donors (Lipinski definition) is 2. The highest BCUT2D eigenvalue weighted by molar-refractivity contribution is 7.98. The monoisotopic (exact) mass is 268 g/mol. The maximum Gasteiger partial charge on any atom is 0.191 e. The minimum Gasteiger partial charge on any atom is -0.370 e. The molecular weight excluding hydrogens is 244 g/mol. The second-order valence-corrected chi connectivity index (χ2v) is 5.50. The molecule has 102 valence electrons. The molecule has 0 aliphatic rings. The first kappa shape index (κ1) is 15.1. The van der Waals surface area contributed by atoms with Crippen molar-refractivity contribution < 1.29 is 0 Å². The van der Waals surface area contributed by atoms with Crippen LogP contribution in [-0.2, 0) is 0 Å². The molecule has 0 bridgehead atoms. The van der Waals surface area contributed by atoms with Crippen LogP contribution >= 0.6 is 11.8 Å². The van der Waals surface area contributed by atoms with Crippen LogP contribution in [0.15, 0.2) is 11.2 Å². The lowest BCUT2D eigenvalue weighted by Crippen LogP contribution is -2.22. The number of hydrogen-bond acceptors (Lipinski definition) is 5. The minimum atomic E-state index is 0.397. The highest BCUT2D eigenvalue weighted by Gasteiger charge is 2.09. The molecule has 0 saturated carbocycles. The van der Waals surface area contributed by atoms with E-state index in [0.29, 0.717) is 12.0 Å². The number of nitrogens with zero attached hydrogens (tertiary/aromatic N) is 2. The van der Waals surface area contributed by atoms with Crippen LogP contribution in [0, 0.1) is 5.92 Å². The van der Waals surface area contributed by atoms with E-state index in [2.05, 4.69) is 48.3 Å². The molecule has 0 aliphatic carbocycles. The predicted molar refractivity (Wildman–Crippen MR) is 80.5 cm³/mol. The summed E-state index contributed by atoms with van der Waals surface area (Å²) >= 11 is 1.56. The van der Waals surface area contributed by atoms with Gasteiger partial charge in [-0.15, -0.1) is 0 Å². The smallest absolute Gasteiger partial charge is 0.191 e. The Balaban J connectivity index is 2.82. The Kier molecular flexibility index (Phi) is 6.25. The van der Waals surface area contributed by atoms with Gasteiger partial charge in [-0.3, -0.25) is 0 Å². The van der Waals surface area contributed by atoms with Gasteiger partial charge in [0.05, 0.1) is 0 Å². The molecule has 1 heterocycles. The van der Waals surface area contributed by atoms with Gasteiger partial charge in [-0.1, -0.05) is 32.5 Å². The van der Waals surface area contributed by atoms with E-state index in [1.165, 1.54) is 0 Å². The summed E-state index contributed by atoms with van der Waals surface area (Å²) in [6.07, 6.45) is 3.08. The van der Waals surface area contributed by atoms with E-state index in [4.69, 9.17) is 0 Å². The Bertz CT molecular complexity index is 368. The molecule has 5 heteroatoms. The van der Waals surface area contributed by atoms with E-state index in [9.17, 15) is 0 Å². The summed E-state index contributed by atoms with van der Waals surface area (Å²) < 4.78 is 0. The summed E-state index contributed by atoms with van der Waals surface area (Å²) in [5.41, 5.74) is 0. The Morgan fingerprint density at radius 2 is 1.89 bits per heavy atom. The largest absolute Gasteiger partial charge is 0.370 e. The van der Waals surface area contributed by atoms with Crippen molar-refractivity contribution in [3.63, 3.8) is 0 Å². The van der Waals surface area contributed by atoms with Gasteiger partial charge in [-0.25, -0.2) is 9.97 Å². The molecule has 4 nitrogen and oxygen atoms in total. The lowest BCUT2D eigenvalue weighted by Gasteiger charge is -2.18. The summed E-state index contributed by atoms with van der Waals surface area (Å²) in [6.45, 7) is 9.65. The SMILES string of the molecule is CCCNc1cc(NC(C)C(C)C)nc(SC)n1. The third-order valence-electron chi connectivity index (χ3n) is 2.82. The van der Waals surface area contributed by atoms with Crippen molar-refractivity contribution in [3.05, 3.63) is 6.07 Å². The van der Waals surface area contributed by atoms with Gasteiger partial charge in [-0.2, -0.15) is 0 Å². The molecule has 0 saturated heterocycles. The summed E-state index contributed by atoms with van der Waals surface area (Å²) in [6, 6.07) is 2.38. The molecule has 1 atom stereocenters. The zero-order valence-electron chi connectivity index (χ0n) is 11.9. The Morgan fingerprint density at radius 1 is 1.22 bits per heavy atom. The molecule has 0 aliphatic heterocycles. The molecule has 1 aromatic rings. The topological polar surface area (TPSA) is 49.8 Å². The normalized spacial score (nSPS) is 12.6. The first-order valence-corrected chi connectivity index (χ1v) is 7.72. The predicted octanol–water partition coefficient (Wildman–Crippen LogP) is 3.48. The Hall–Kier alpha value is -0.970. The van der Waals surface area contributed by atoms with Gasteiger partial charge < -0.3 is 10.6 Å². The Labute approximate surface area is 114 Å². The maximum absolute atomic E-state index is 4.48. The van der Waals surface area contributed by atoms with Crippen molar-refractivity contribution in [1.29, 1.82) is 0 Å². The lowest BCUT2D eigenvalue weighted by molar-refractivity contribution is 0.557. The lowest BCUT2D eigenvalue weighted by atomic mass is 10.1. The molecule has 2 N–H and O–H groups in total. The number of rotatable bonds is 7. The number of anilines is 2. The van der Waals surface area contributed by atoms with Crippen LogP contribution < -0.4 is 10.6 Å². The highest BCUT2D eigenvalue weighted by Crippen LogP contribution is 2.19. The van der Waals surface area contributed by atoms with E-state index in [0.717, 1.165) is 29.8 Å². The zero-order chi connectivity index (χ0) is 13.5. The van der Waals surface area contributed by atoms with Crippen molar-refractivity contribution in [2.24, 2.45) is 5.92 Å². The molecule has 1 unspecified atom stereocenters. The first-order valence-electron chi connectivity index (χ1n) is 6.50. The summed E-state index contributed by atoms with van der Waals surface area (Å²) in [5, 5.41) is 7.54. The van der Waals surface area contributed by atoms with Gasteiger partial charge in [0.15, 0.2) is 5.16 Å². The average Bonchev–Trinajstić information content (AvgIpc) is 2.35. The van der Waals surface area contributed by atoms with Crippen LogP contribution in [0.2, 0.25) is 0 Å². The average molecular weight is 268 g/mol. The van der Waals surface area contributed by atoms with Crippen LogP contribution in [0.5, 0.6) is 0 Å². The van der Waals surface area contributed by atoms with Crippen molar-refractivity contribution in [2.45, 2.75) is 45.3 Å². The Morgan fingerprint density at radius 3 is 2.44 bits per heavy atom. The molecule has 0 spiro atoms. The van der Waals surface area contributed by atoms with Gasteiger partial charge in [0, 0.05) is 18.7 Å². The van der Waals surface area contributed by atoms with Crippen molar-refractivity contribution in [2.75, 3.05) is 23.4 Å². The molecule has 0 radical (unpaired) electrons. The standard InChI is InChI=1S/C13H24N4S/c1-6-7-14-11-8-12(15-10(4)9(2)3)17-13(16-11)18-5/h8-10H,6-7H2,1-5H3,(H2,14,15,16,17). The number of thioether (sulfide) groups is 1. The molecule has 0 amide bonds. The van der Waals surface area contributed by atoms with Gasteiger partial charge in [-0.05, 0) is 25.5 Å².